The van der Waals surface area contributed by atoms with Crippen molar-refractivity contribution < 1.29 is 9.18 Å². The molecule has 0 radical (unpaired) electrons. The molecule has 1 aliphatic rings. The first-order valence-corrected chi connectivity index (χ1v) is 8.80. The van der Waals surface area contributed by atoms with Crippen molar-refractivity contribution in [1.82, 2.24) is 10.3 Å². The van der Waals surface area contributed by atoms with Gasteiger partial charge in [-0.1, -0.05) is 30.3 Å². The Morgan fingerprint density at radius 1 is 1.08 bits per heavy atom. The molecule has 2 aromatic carbocycles. The van der Waals surface area contributed by atoms with Crippen molar-refractivity contribution in [2.24, 2.45) is 5.10 Å². The molecule has 0 atom stereocenters. The minimum atomic E-state index is -0.324. The zero-order valence-electron chi connectivity index (χ0n) is 14.6. The van der Waals surface area contributed by atoms with E-state index in [1.165, 1.54) is 24.0 Å². The molecule has 1 amide bonds. The number of hydrogen-bond acceptors (Lipinski definition) is 4. The molecule has 0 spiro atoms. The molecule has 0 aliphatic carbocycles. The highest BCUT2D eigenvalue weighted by molar-refractivity contribution is 5.82. The third-order valence-corrected chi connectivity index (χ3v) is 4.40. The minimum absolute atomic E-state index is 0.136. The summed E-state index contributed by atoms with van der Waals surface area (Å²) in [6.45, 7) is 4.51. The van der Waals surface area contributed by atoms with Crippen LogP contribution in [-0.2, 0) is 4.79 Å². The summed E-state index contributed by atoms with van der Waals surface area (Å²) in [6.07, 6.45) is 1.84. The lowest BCUT2D eigenvalue weighted by molar-refractivity contribution is -0.121. The summed E-state index contributed by atoms with van der Waals surface area (Å²) in [4.78, 5) is 16.5. The predicted octanol–water partition coefficient (Wildman–Crippen LogP) is 2.49. The molecular formula is C20H23FN4O. The Bertz CT molecular complexity index is 742. The van der Waals surface area contributed by atoms with Gasteiger partial charge < -0.3 is 4.90 Å². The average Bonchev–Trinajstić information content (AvgIpc) is 2.68. The van der Waals surface area contributed by atoms with Crippen molar-refractivity contribution in [2.45, 2.75) is 6.42 Å². The van der Waals surface area contributed by atoms with E-state index in [-0.39, 0.29) is 11.7 Å². The maximum Gasteiger partial charge on any atom is 0.241 e. The van der Waals surface area contributed by atoms with E-state index in [4.69, 9.17) is 0 Å². The van der Waals surface area contributed by atoms with Crippen molar-refractivity contribution in [1.29, 1.82) is 0 Å². The van der Waals surface area contributed by atoms with Crippen LogP contribution >= 0.6 is 0 Å². The molecule has 26 heavy (non-hydrogen) atoms. The summed E-state index contributed by atoms with van der Waals surface area (Å²) in [5.41, 5.74) is 4.36. The number of hydrazone groups is 1. The molecule has 6 heteroatoms. The monoisotopic (exact) mass is 354 g/mol. The van der Waals surface area contributed by atoms with Gasteiger partial charge >= 0.3 is 0 Å². The largest absolute Gasteiger partial charge is 0.369 e. The van der Waals surface area contributed by atoms with Crippen molar-refractivity contribution in [3.8, 4) is 0 Å². The van der Waals surface area contributed by atoms with Gasteiger partial charge in [0.25, 0.3) is 0 Å². The number of para-hydroxylation sites is 1. The van der Waals surface area contributed by atoms with Crippen LogP contribution in [0.2, 0.25) is 0 Å². The summed E-state index contributed by atoms with van der Waals surface area (Å²) in [6, 6.07) is 16.4. The van der Waals surface area contributed by atoms with Gasteiger partial charge in [0.2, 0.25) is 5.91 Å². The summed E-state index contributed by atoms with van der Waals surface area (Å²) in [5.74, 6) is -0.460. The van der Waals surface area contributed by atoms with Crippen LogP contribution in [0.15, 0.2) is 59.7 Å². The predicted molar refractivity (Wildman–Crippen MR) is 102 cm³/mol. The second-order valence-corrected chi connectivity index (χ2v) is 6.26. The summed E-state index contributed by atoms with van der Waals surface area (Å²) in [7, 11) is 0. The summed E-state index contributed by atoms with van der Waals surface area (Å²) < 4.78 is 13.1. The molecule has 136 valence electrons. The van der Waals surface area contributed by atoms with Crippen molar-refractivity contribution in [3.05, 3.63) is 66.0 Å². The molecule has 1 fully saturated rings. The molecule has 3 rings (SSSR count). The van der Waals surface area contributed by atoms with E-state index < -0.39 is 0 Å². The average molecular weight is 354 g/mol. The number of halogens is 1. The van der Waals surface area contributed by atoms with Gasteiger partial charge in [-0.25, -0.2) is 9.82 Å². The van der Waals surface area contributed by atoms with Gasteiger partial charge in [-0.05, 0) is 29.8 Å². The SMILES string of the molecule is O=C(CCN1CCN(c2ccccc2)CC1)N/N=C\c1cccc(F)c1. The first-order chi connectivity index (χ1) is 12.7. The lowest BCUT2D eigenvalue weighted by atomic mass is 10.2. The normalized spacial score (nSPS) is 15.3. The highest BCUT2D eigenvalue weighted by Crippen LogP contribution is 2.15. The Balaban J connectivity index is 1.36. The lowest BCUT2D eigenvalue weighted by Gasteiger charge is -2.36. The third kappa shape index (κ3) is 5.39. The number of carbonyl (C=O) groups is 1. The Morgan fingerprint density at radius 2 is 1.85 bits per heavy atom. The van der Waals surface area contributed by atoms with Gasteiger partial charge in [-0.3, -0.25) is 9.69 Å². The molecule has 0 saturated carbocycles. The van der Waals surface area contributed by atoms with E-state index in [1.807, 2.05) is 6.07 Å². The Kier molecular flexibility index (Phi) is 6.33. The quantitative estimate of drug-likeness (QED) is 0.640. The maximum absolute atomic E-state index is 13.1. The highest BCUT2D eigenvalue weighted by Gasteiger charge is 2.17. The van der Waals surface area contributed by atoms with Gasteiger partial charge in [0.1, 0.15) is 5.82 Å². The van der Waals surface area contributed by atoms with Crippen LogP contribution in [-0.4, -0.2) is 49.7 Å². The number of rotatable bonds is 6. The minimum Gasteiger partial charge on any atom is -0.369 e. The van der Waals surface area contributed by atoms with Crippen molar-refractivity contribution >= 4 is 17.8 Å². The fourth-order valence-corrected chi connectivity index (χ4v) is 2.95. The lowest BCUT2D eigenvalue weighted by Crippen LogP contribution is -2.47. The fourth-order valence-electron chi connectivity index (χ4n) is 2.95. The number of piperazine rings is 1. The first-order valence-electron chi connectivity index (χ1n) is 8.80. The van der Waals surface area contributed by atoms with Crippen LogP contribution in [0.5, 0.6) is 0 Å². The zero-order chi connectivity index (χ0) is 18.2. The van der Waals surface area contributed by atoms with Gasteiger partial charge in [-0.2, -0.15) is 5.10 Å². The van der Waals surface area contributed by atoms with Crippen molar-refractivity contribution in [3.63, 3.8) is 0 Å². The molecule has 1 aliphatic heterocycles. The van der Waals surface area contributed by atoms with E-state index in [1.54, 1.807) is 12.1 Å². The molecule has 0 bridgehead atoms. The third-order valence-electron chi connectivity index (χ3n) is 4.40. The number of carbonyl (C=O) groups excluding carboxylic acids is 1. The second kappa shape index (κ2) is 9.10. The summed E-state index contributed by atoms with van der Waals surface area (Å²) >= 11 is 0. The van der Waals surface area contributed by atoms with Crippen LogP contribution in [0.1, 0.15) is 12.0 Å². The zero-order valence-corrected chi connectivity index (χ0v) is 14.6. The van der Waals surface area contributed by atoms with Crippen LogP contribution in [0.25, 0.3) is 0 Å². The van der Waals surface area contributed by atoms with Gasteiger partial charge in [0.05, 0.1) is 6.21 Å². The van der Waals surface area contributed by atoms with Gasteiger partial charge in [-0.15, -0.1) is 0 Å². The maximum atomic E-state index is 13.1. The van der Waals surface area contributed by atoms with E-state index in [0.29, 0.717) is 18.5 Å². The Hall–Kier alpha value is -2.73. The number of benzene rings is 2. The molecule has 2 aromatic rings. The van der Waals surface area contributed by atoms with Crippen LogP contribution in [0.3, 0.4) is 0 Å². The van der Waals surface area contributed by atoms with Crippen LogP contribution in [0, 0.1) is 5.82 Å². The Labute approximate surface area is 153 Å². The number of amides is 1. The molecule has 1 saturated heterocycles. The molecule has 5 nitrogen and oxygen atoms in total. The topological polar surface area (TPSA) is 47.9 Å². The van der Waals surface area contributed by atoms with Crippen molar-refractivity contribution in [2.75, 3.05) is 37.6 Å². The highest BCUT2D eigenvalue weighted by atomic mass is 19.1. The standard InChI is InChI=1S/C20H23FN4O/c21-18-6-4-5-17(15-18)16-22-23-20(26)9-10-24-11-13-25(14-12-24)19-7-2-1-3-8-19/h1-8,15-16H,9-14H2,(H,23,26)/b22-16-. The first kappa shape index (κ1) is 18.1. The molecule has 1 heterocycles. The number of hydrogen-bond donors (Lipinski definition) is 1. The smallest absolute Gasteiger partial charge is 0.241 e. The summed E-state index contributed by atoms with van der Waals surface area (Å²) in [5, 5.41) is 3.88. The van der Waals surface area contributed by atoms with E-state index >= 15 is 0 Å². The van der Waals surface area contributed by atoms with Gasteiger partial charge in [0.15, 0.2) is 0 Å². The van der Waals surface area contributed by atoms with Crippen LogP contribution in [0.4, 0.5) is 10.1 Å². The number of nitrogens with zero attached hydrogens (tertiary/aromatic N) is 3. The van der Waals surface area contributed by atoms with E-state index in [0.717, 1.165) is 26.2 Å². The second-order valence-electron chi connectivity index (χ2n) is 6.26. The van der Waals surface area contributed by atoms with E-state index in [2.05, 4.69) is 44.6 Å². The van der Waals surface area contributed by atoms with Gasteiger partial charge in [0, 0.05) is 44.8 Å². The molecule has 0 aromatic heterocycles. The van der Waals surface area contributed by atoms with E-state index in [9.17, 15) is 9.18 Å². The molecule has 0 unspecified atom stereocenters. The molecule has 1 N–H and O–H groups in total. The Morgan fingerprint density at radius 3 is 2.58 bits per heavy atom. The van der Waals surface area contributed by atoms with Crippen LogP contribution < -0.4 is 10.3 Å². The molecular weight excluding hydrogens is 331 g/mol. The number of anilines is 1. The number of nitrogens with one attached hydrogen (secondary N) is 1. The fraction of sp³-hybridized carbons (Fsp3) is 0.300.